The summed E-state index contributed by atoms with van der Waals surface area (Å²) in [6.07, 6.45) is 0. The monoisotopic (exact) mass is 732 g/mol. The second-order valence-electron chi connectivity index (χ2n) is 0.429. The minimum Gasteiger partial charge on any atom is 3.00 e. The third-order valence-corrected chi connectivity index (χ3v) is 0. The quantitative estimate of drug-likeness (QED) is 0.233. The summed E-state index contributed by atoms with van der Waals surface area (Å²) >= 11 is 13.3. The van der Waals surface area contributed by atoms with Crippen molar-refractivity contribution >= 4 is 48.9 Å². The molecule has 0 rings (SSSR count). The van der Waals surface area contributed by atoms with Gasteiger partial charge in [-0.1, -0.05) is 0 Å². The van der Waals surface area contributed by atoms with Gasteiger partial charge in [-0.15, -0.1) is 0 Å². The Morgan fingerprint density at radius 2 is 0.667 bits per heavy atom. The van der Waals surface area contributed by atoms with Gasteiger partial charge in [0.25, 0.3) is 0 Å². The maximum absolute atomic E-state index is 3.34. The first-order valence-electron chi connectivity index (χ1n) is 0.756. The van der Waals surface area contributed by atoms with Gasteiger partial charge in [0.15, 0.2) is 0 Å². The molecule has 0 saturated carbocycles. The van der Waals surface area contributed by atoms with Gasteiger partial charge in [0.05, 0.1) is 0 Å². The maximum atomic E-state index is 3.34. The van der Waals surface area contributed by atoms with Crippen molar-refractivity contribution in [3.05, 3.63) is 0 Å². The third-order valence-electron chi connectivity index (χ3n) is 0. The minimum atomic E-state index is -1.93. The van der Waals surface area contributed by atoms with Gasteiger partial charge in [-0.05, 0) is 0 Å². The van der Waals surface area contributed by atoms with Crippen molar-refractivity contribution in [3.63, 3.8) is 0 Å². The molecule has 0 N–H and O–H groups in total. The molecular formula is Br7Zr2. The Balaban J connectivity index is -0.0000000133. The van der Waals surface area contributed by atoms with Gasteiger partial charge >= 0.3 is 85.9 Å². The summed E-state index contributed by atoms with van der Waals surface area (Å²) in [7, 11) is -1.93. The van der Waals surface area contributed by atoms with Crippen LogP contribution in [0.2, 0.25) is 0 Å². The van der Waals surface area contributed by atoms with Crippen LogP contribution < -0.4 is 50.9 Å². The molecule has 0 atom stereocenters. The second kappa shape index (κ2) is 15.6. The van der Waals surface area contributed by atoms with Crippen LogP contribution in [0.25, 0.3) is 0 Å². The van der Waals surface area contributed by atoms with E-state index in [0.29, 0.717) is 0 Å². The van der Waals surface area contributed by atoms with Gasteiger partial charge in [-0.2, -0.15) is 0 Å². The minimum absolute atomic E-state index is 0. The first kappa shape index (κ1) is 29.2. The molecule has 0 aromatic heterocycles. The Morgan fingerprint density at radius 1 is 0.667 bits per heavy atom. The largest absolute Gasteiger partial charge is 3.00 e. The van der Waals surface area contributed by atoms with Crippen molar-refractivity contribution < 1.29 is 88.0 Å². The van der Waals surface area contributed by atoms with Crippen LogP contribution in [0.3, 0.4) is 0 Å². The van der Waals surface area contributed by atoms with Crippen molar-refractivity contribution in [1.82, 2.24) is 0 Å². The van der Waals surface area contributed by atoms with Crippen LogP contribution in [-0.2, 0) is 37.1 Å². The predicted molar refractivity (Wildman–Crippen MR) is 35.7 cm³/mol. The van der Waals surface area contributed by atoms with Crippen molar-refractivity contribution in [1.29, 1.82) is 0 Å². The second-order valence-corrected chi connectivity index (χ2v) is 68.5. The van der Waals surface area contributed by atoms with E-state index in [2.05, 4.69) is 48.9 Å². The standard InChI is InChI=1S/7BrH.2Zr/h7*1H;;/q;;;;;;;+3;+4/p-7. The fraction of sp³-hybridized carbons (Fsp3) is 0. The van der Waals surface area contributed by atoms with E-state index in [1.807, 2.05) is 0 Å². The van der Waals surface area contributed by atoms with E-state index in [1.165, 1.54) is 0 Å². The van der Waals surface area contributed by atoms with Gasteiger partial charge in [0, 0.05) is 0 Å². The Hall–Kier alpha value is 5.13. The Morgan fingerprint density at radius 3 is 0.667 bits per heavy atom. The molecule has 1 radical (unpaired) electrons. The number of hydrogen-bond donors (Lipinski definition) is 0. The molecule has 0 bridgehead atoms. The molecule has 0 aliphatic heterocycles. The summed E-state index contributed by atoms with van der Waals surface area (Å²) in [5.74, 6) is 0. The summed E-state index contributed by atoms with van der Waals surface area (Å²) in [4.78, 5) is 0. The Kier molecular flexibility index (Phi) is 50.6. The predicted octanol–water partition coefficient (Wildman–Crippen LogP) is -5.61. The van der Waals surface area contributed by atoms with Crippen LogP contribution in [0.15, 0.2) is 0 Å². The molecule has 0 heterocycles. The summed E-state index contributed by atoms with van der Waals surface area (Å²) in [6.45, 7) is 0. The van der Waals surface area contributed by atoms with E-state index in [0.717, 1.165) is 0 Å². The van der Waals surface area contributed by atoms with E-state index >= 15 is 0 Å². The molecule has 0 aliphatic rings. The first-order valence-corrected chi connectivity index (χ1v) is 23.2. The zero-order chi connectivity index (χ0) is 4.50. The molecule has 0 unspecified atom stereocenters. The van der Waals surface area contributed by atoms with E-state index in [1.54, 1.807) is 0 Å². The molecule has 57 valence electrons. The summed E-state index contributed by atoms with van der Waals surface area (Å²) in [5.41, 5.74) is 0. The topological polar surface area (TPSA) is 0 Å². The zero-order valence-electron chi connectivity index (χ0n) is 3.65. The molecule has 0 aromatic rings. The molecule has 9 heavy (non-hydrogen) atoms. The molecule has 0 spiro atoms. The van der Waals surface area contributed by atoms with Crippen molar-refractivity contribution in [3.8, 4) is 0 Å². The van der Waals surface area contributed by atoms with E-state index in [4.69, 9.17) is 0 Å². The molecule has 0 amide bonds. The fourth-order valence-corrected chi connectivity index (χ4v) is 0. The van der Waals surface area contributed by atoms with Gasteiger partial charge < -0.3 is 50.9 Å². The van der Waals surface area contributed by atoms with Crippen LogP contribution in [-0.4, -0.2) is 0 Å². The first-order chi connectivity index (χ1) is 2.00. The van der Waals surface area contributed by atoms with Crippen molar-refractivity contribution in [2.75, 3.05) is 0 Å². The van der Waals surface area contributed by atoms with E-state index < -0.39 is 10.9 Å². The van der Waals surface area contributed by atoms with Crippen LogP contribution in [0, 0.1) is 0 Å². The molecular weight excluding hydrogens is 742 g/mol. The van der Waals surface area contributed by atoms with Crippen molar-refractivity contribution in [2.45, 2.75) is 0 Å². The maximum Gasteiger partial charge on any atom is 3.00 e. The average Bonchev–Trinajstić information content (AvgIpc) is 0.722. The van der Waals surface area contributed by atoms with Gasteiger partial charge in [0.1, 0.15) is 0 Å². The molecule has 9 heteroatoms. The number of hydrogen-bond acceptors (Lipinski definition) is 0. The molecule has 0 fully saturated rings. The normalized spacial score (nSPS) is 6.67. The molecule has 0 aliphatic carbocycles. The Bertz CT molecular complexity index is 22.4. The Labute approximate surface area is 133 Å². The molecule has 0 aromatic carbocycles. The third kappa shape index (κ3) is 61.8. The van der Waals surface area contributed by atoms with Gasteiger partial charge in [0.2, 0.25) is 0 Å². The van der Waals surface area contributed by atoms with Crippen LogP contribution >= 0.6 is 48.9 Å². The van der Waals surface area contributed by atoms with Gasteiger partial charge in [-0.3, -0.25) is 0 Å². The van der Waals surface area contributed by atoms with E-state index in [-0.39, 0.29) is 77.1 Å². The summed E-state index contributed by atoms with van der Waals surface area (Å²) in [6, 6.07) is 0. The van der Waals surface area contributed by atoms with Crippen LogP contribution in [0.4, 0.5) is 0 Å². The van der Waals surface area contributed by atoms with Crippen LogP contribution in [0.5, 0.6) is 0 Å². The summed E-state index contributed by atoms with van der Waals surface area (Å²) < 4.78 is 0. The average molecular weight is 742 g/mol. The fourth-order valence-electron chi connectivity index (χ4n) is 0. The van der Waals surface area contributed by atoms with Crippen LogP contribution in [0.1, 0.15) is 0 Å². The molecule has 0 nitrogen and oxygen atoms in total. The number of rotatable bonds is 0. The number of halogens is 7. The summed E-state index contributed by atoms with van der Waals surface area (Å²) in [5, 5.41) is 0. The SMILES string of the molecule is [Br-].[Br-].[Br-].[Br][Zr]([Br])([Br])[Br].[Zr+3]. The van der Waals surface area contributed by atoms with Crippen molar-refractivity contribution in [2.24, 2.45) is 0 Å². The smallest absolute Gasteiger partial charge is 3.00 e. The van der Waals surface area contributed by atoms with Gasteiger partial charge in [-0.25, -0.2) is 0 Å². The zero-order valence-corrected chi connectivity index (χ0v) is 19.7. The van der Waals surface area contributed by atoms with E-state index in [9.17, 15) is 0 Å². The molecule has 0 saturated heterocycles.